The van der Waals surface area contributed by atoms with E-state index < -0.39 is 0 Å². The van der Waals surface area contributed by atoms with Gasteiger partial charge in [-0.2, -0.15) is 4.98 Å². The maximum absolute atomic E-state index is 5.86. The molecule has 9 heteroatoms. The van der Waals surface area contributed by atoms with E-state index in [1.54, 1.807) is 13.3 Å². The van der Waals surface area contributed by atoms with Gasteiger partial charge in [-0.1, -0.05) is 0 Å². The Morgan fingerprint density at radius 1 is 1.29 bits per heavy atom. The van der Waals surface area contributed by atoms with Crippen molar-refractivity contribution in [3.05, 3.63) is 28.9 Å². The fourth-order valence-corrected chi connectivity index (χ4v) is 3.18. The summed E-state index contributed by atoms with van der Waals surface area (Å²) in [7, 11) is 1.67. The molecule has 0 atom stereocenters. The lowest BCUT2D eigenvalue weighted by Crippen LogP contribution is -2.36. The molecule has 1 fully saturated rings. The summed E-state index contributed by atoms with van der Waals surface area (Å²) in [5.74, 6) is 1.97. The van der Waals surface area contributed by atoms with Gasteiger partial charge in [0.1, 0.15) is 11.6 Å². The number of hydrogen-bond donors (Lipinski definition) is 2. The number of anilines is 4. The normalized spacial score (nSPS) is 14.0. The van der Waals surface area contributed by atoms with Gasteiger partial charge in [-0.15, -0.1) is 0 Å². The molecular formula is C19H26BrN5O3. The second-order valence-electron chi connectivity index (χ2n) is 6.15. The smallest absolute Gasteiger partial charge is 0.229 e. The molecular weight excluding hydrogens is 426 g/mol. The number of rotatable bonds is 9. The molecule has 2 aromatic rings. The Hall–Kier alpha value is -2.10. The van der Waals surface area contributed by atoms with Crippen molar-refractivity contribution >= 4 is 39.1 Å². The molecule has 152 valence electrons. The van der Waals surface area contributed by atoms with Crippen molar-refractivity contribution in [2.24, 2.45) is 0 Å². The van der Waals surface area contributed by atoms with E-state index in [2.05, 4.69) is 47.5 Å². The minimum Gasteiger partial charge on any atom is -0.492 e. The van der Waals surface area contributed by atoms with Gasteiger partial charge in [0.15, 0.2) is 0 Å². The van der Waals surface area contributed by atoms with Crippen LogP contribution < -0.4 is 20.3 Å². The number of methoxy groups -OCH3 is 1. The molecule has 28 heavy (non-hydrogen) atoms. The van der Waals surface area contributed by atoms with Crippen LogP contribution in [0, 0.1) is 0 Å². The second-order valence-corrected chi connectivity index (χ2v) is 7.00. The second kappa shape index (κ2) is 10.4. The lowest BCUT2D eigenvalue weighted by atomic mass is 10.2. The predicted octanol–water partition coefficient (Wildman–Crippen LogP) is 3.28. The fourth-order valence-electron chi connectivity index (χ4n) is 2.85. The Balaban J connectivity index is 1.78. The number of benzene rings is 1. The minimum absolute atomic E-state index is 0.489. The third-order valence-corrected chi connectivity index (χ3v) is 4.81. The summed E-state index contributed by atoms with van der Waals surface area (Å²) < 4.78 is 17.2. The third kappa shape index (κ3) is 5.46. The summed E-state index contributed by atoms with van der Waals surface area (Å²) in [5.41, 5.74) is 1.94. The van der Waals surface area contributed by atoms with Gasteiger partial charge in [0.25, 0.3) is 0 Å². The van der Waals surface area contributed by atoms with E-state index in [9.17, 15) is 0 Å². The summed E-state index contributed by atoms with van der Waals surface area (Å²) in [5, 5.41) is 6.48. The molecule has 0 unspecified atom stereocenters. The molecule has 0 amide bonds. The first kappa shape index (κ1) is 20.6. The number of ether oxygens (including phenoxy) is 3. The first-order chi connectivity index (χ1) is 13.7. The minimum atomic E-state index is 0.489. The summed E-state index contributed by atoms with van der Waals surface area (Å²) in [6, 6.07) is 6.12. The molecule has 0 radical (unpaired) electrons. The highest BCUT2D eigenvalue weighted by molar-refractivity contribution is 9.10. The molecule has 0 bridgehead atoms. The van der Waals surface area contributed by atoms with Crippen molar-refractivity contribution in [1.29, 1.82) is 0 Å². The Labute approximate surface area is 173 Å². The third-order valence-electron chi connectivity index (χ3n) is 4.23. The highest BCUT2D eigenvalue weighted by atomic mass is 79.9. The highest BCUT2D eigenvalue weighted by Crippen LogP contribution is 2.32. The van der Waals surface area contributed by atoms with Crippen LogP contribution >= 0.6 is 15.9 Å². The van der Waals surface area contributed by atoms with Gasteiger partial charge in [-0.25, -0.2) is 4.98 Å². The van der Waals surface area contributed by atoms with Gasteiger partial charge in [0.2, 0.25) is 5.95 Å². The van der Waals surface area contributed by atoms with E-state index in [-0.39, 0.29) is 0 Å². The molecule has 1 aliphatic heterocycles. The van der Waals surface area contributed by atoms with Crippen LogP contribution in [-0.4, -0.2) is 63.1 Å². The van der Waals surface area contributed by atoms with E-state index in [0.29, 0.717) is 31.5 Å². The topological polar surface area (TPSA) is 80.8 Å². The van der Waals surface area contributed by atoms with Crippen molar-refractivity contribution < 1.29 is 14.2 Å². The zero-order valence-electron chi connectivity index (χ0n) is 16.2. The van der Waals surface area contributed by atoms with Crippen molar-refractivity contribution in [3.63, 3.8) is 0 Å². The molecule has 8 nitrogen and oxygen atoms in total. The Bertz CT molecular complexity index is 771. The summed E-state index contributed by atoms with van der Waals surface area (Å²) in [6.45, 7) is 7.05. The SMILES string of the molecule is CCOc1cc(N2CCOCC2)ccc1Nc1ncc(Br)c(NCCOC)n1. The summed E-state index contributed by atoms with van der Waals surface area (Å²) >= 11 is 3.46. The first-order valence-corrected chi connectivity index (χ1v) is 10.1. The zero-order valence-corrected chi connectivity index (χ0v) is 17.8. The largest absolute Gasteiger partial charge is 0.492 e. The van der Waals surface area contributed by atoms with Gasteiger partial charge >= 0.3 is 0 Å². The van der Waals surface area contributed by atoms with E-state index >= 15 is 0 Å². The molecule has 1 aromatic carbocycles. The van der Waals surface area contributed by atoms with Gasteiger partial charge in [0.05, 0.1) is 36.6 Å². The van der Waals surface area contributed by atoms with Crippen LogP contribution in [0.5, 0.6) is 5.75 Å². The van der Waals surface area contributed by atoms with Crippen molar-refractivity contribution in [2.75, 3.05) is 68.7 Å². The summed E-state index contributed by atoms with van der Waals surface area (Å²) in [6.07, 6.45) is 1.72. The standard InChI is InChI=1S/C19H26BrN5O3/c1-3-28-17-12-14(25-7-10-27-11-8-25)4-5-16(17)23-19-22-13-15(20)18(24-19)21-6-9-26-2/h4-5,12-13H,3,6-11H2,1-2H3,(H2,21,22,23,24). The lowest BCUT2D eigenvalue weighted by molar-refractivity contribution is 0.122. The quantitative estimate of drug-likeness (QED) is 0.562. The molecule has 1 aromatic heterocycles. The van der Waals surface area contributed by atoms with E-state index in [0.717, 1.165) is 47.9 Å². The number of aromatic nitrogens is 2. The van der Waals surface area contributed by atoms with E-state index in [4.69, 9.17) is 14.2 Å². The van der Waals surface area contributed by atoms with Crippen molar-refractivity contribution in [1.82, 2.24) is 9.97 Å². The predicted molar refractivity (Wildman–Crippen MR) is 114 cm³/mol. The zero-order chi connectivity index (χ0) is 19.8. The van der Waals surface area contributed by atoms with Crippen molar-refractivity contribution in [3.8, 4) is 5.75 Å². The van der Waals surface area contributed by atoms with E-state index in [1.807, 2.05) is 19.1 Å². The Morgan fingerprint density at radius 2 is 2.11 bits per heavy atom. The molecule has 1 saturated heterocycles. The monoisotopic (exact) mass is 451 g/mol. The Morgan fingerprint density at radius 3 is 2.86 bits per heavy atom. The molecule has 2 heterocycles. The molecule has 3 rings (SSSR count). The maximum atomic E-state index is 5.86. The van der Waals surface area contributed by atoms with Crippen LogP contribution in [0.15, 0.2) is 28.9 Å². The van der Waals surface area contributed by atoms with Crippen LogP contribution in [0.1, 0.15) is 6.92 Å². The molecule has 0 spiro atoms. The van der Waals surface area contributed by atoms with Crippen LogP contribution in [0.4, 0.5) is 23.1 Å². The number of hydrogen-bond acceptors (Lipinski definition) is 8. The average molecular weight is 452 g/mol. The van der Waals surface area contributed by atoms with Crippen LogP contribution in [-0.2, 0) is 9.47 Å². The van der Waals surface area contributed by atoms with Gasteiger partial charge < -0.3 is 29.7 Å². The lowest BCUT2D eigenvalue weighted by Gasteiger charge is -2.29. The number of nitrogens with one attached hydrogen (secondary N) is 2. The number of morpholine rings is 1. The average Bonchev–Trinajstić information content (AvgIpc) is 2.72. The highest BCUT2D eigenvalue weighted by Gasteiger charge is 2.15. The first-order valence-electron chi connectivity index (χ1n) is 9.33. The number of nitrogens with zero attached hydrogens (tertiary/aromatic N) is 3. The molecule has 1 aliphatic rings. The van der Waals surface area contributed by atoms with Gasteiger partial charge in [-0.3, -0.25) is 0 Å². The van der Waals surface area contributed by atoms with Gasteiger partial charge in [-0.05, 0) is 35.0 Å². The van der Waals surface area contributed by atoms with Crippen LogP contribution in [0.3, 0.4) is 0 Å². The molecule has 0 aliphatic carbocycles. The van der Waals surface area contributed by atoms with E-state index in [1.165, 1.54) is 0 Å². The van der Waals surface area contributed by atoms with Crippen LogP contribution in [0.2, 0.25) is 0 Å². The summed E-state index contributed by atoms with van der Waals surface area (Å²) in [4.78, 5) is 11.2. The molecule has 2 N–H and O–H groups in total. The van der Waals surface area contributed by atoms with Gasteiger partial charge in [0, 0.05) is 44.7 Å². The maximum Gasteiger partial charge on any atom is 0.229 e. The molecule has 0 saturated carbocycles. The fraction of sp³-hybridized carbons (Fsp3) is 0.474. The number of halogens is 1. The van der Waals surface area contributed by atoms with Crippen molar-refractivity contribution in [2.45, 2.75) is 6.92 Å². The Kier molecular flexibility index (Phi) is 7.70. The van der Waals surface area contributed by atoms with Crippen LogP contribution in [0.25, 0.3) is 0 Å².